The van der Waals surface area contributed by atoms with Crippen LogP contribution in [0.3, 0.4) is 0 Å². The van der Waals surface area contributed by atoms with Gasteiger partial charge in [0.1, 0.15) is 5.58 Å². The average molecular weight is 333 g/mol. The number of nitrogens with zero attached hydrogens (tertiary/aromatic N) is 1. The van der Waals surface area contributed by atoms with Crippen LogP contribution in [0, 0.1) is 13.8 Å². The van der Waals surface area contributed by atoms with E-state index in [1.807, 2.05) is 13.0 Å². The lowest BCUT2D eigenvalue weighted by Crippen LogP contribution is -2.20. The van der Waals surface area contributed by atoms with E-state index in [1.54, 1.807) is 6.07 Å². The molecule has 25 heavy (non-hydrogen) atoms. The molecule has 0 N–H and O–H groups in total. The molecule has 4 rings (SSSR count). The van der Waals surface area contributed by atoms with Gasteiger partial charge in [-0.2, -0.15) is 0 Å². The topological polar surface area (TPSA) is 33.5 Å². The third-order valence-corrected chi connectivity index (χ3v) is 5.38. The molecule has 3 aromatic rings. The van der Waals surface area contributed by atoms with Gasteiger partial charge in [0.05, 0.1) is 0 Å². The van der Waals surface area contributed by atoms with Crippen LogP contribution in [-0.4, -0.2) is 18.0 Å². The van der Waals surface area contributed by atoms with Gasteiger partial charge in [0.25, 0.3) is 0 Å². The molecule has 1 aliphatic rings. The van der Waals surface area contributed by atoms with Gasteiger partial charge in [0, 0.05) is 24.5 Å². The SMILES string of the molecule is Cc1cc2oc(=O)cc(CN3CC[C@H](c4ccccc4)C3)c2cc1C. The number of hydrogen-bond donors (Lipinski definition) is 0. The van der Waals surface area contributed by atoms with Gasteiger partial charge in [-0.3, -0.25) is 4.90 Å². The van der Waals surface area contributed by atoms with E-state index in [0.717, 1.165) is 36.1 Å². The number of hydrogen-bond acceptors (Lipinski definition) is 3. The van der Waals surface area contributed by atoms with Crippen LogP contribution in [0.4, 0.5) is 0 Å². The van der Waals surface area contributed by atoms with Crippen LogP contribution in [0.2, 0.25) is 0 Å². The summed E-state index contributed by atoms with van der Waals surface area (Å²) in [5.74, 6) is 0.580. The summed E-state index contributed by atoms with van der Waals surface area (Å²) in [7, 11) is 0. The molecule has 2 heterocycles. The summed E-state index contributed by atoms with van der Waals surface area (Å²) in [5.41, 5.74) is 5.30. The van der Waals surface area contributed by atoms with Gasteiger partial charge in [-0.05, 0) is 67.1 Å². The fraction of sp³-hybridized carbons (Fsp3) is 0.318. The van der Waals surface area contributed by atoms with Crippen molar-refractivity contribution in [1.82, 2.24) is 4.90 Å². The van der Waals surface area contributed by atoms with Gasteiger partial charge >= 0.3 is 5.63 Å². The van der Waals surface area contributed by atoms with Gasteiger partial charge in [-0.1, -0.05) is 30.3 Å². The van der Waals surface area contributed by atoms with Crippen LogP contribution in [0.1, 0.15) is 34.6 Å². The molecule has 0 spiro atoms. The van der Waals surface area contributed by atoms with Crippen molar-refractivity contribution in [2.45, 2.75) is 32.7 Å². The first-order valence-electron chi connectivity index (χ1n) is 8.91. The molecule has 1 saturated heterocycles. The molecule has 1 aliphatic heterocycles. The third-order valence-electron chi connectivity index (χ3n) is 5.38. The maximum atomic E-state index is 12.0. The molecule has 0 radical (unpaired) electrons. The first-order chi connectivity index (χ1) is 12.1. The Kier molecular flexibility index (Phi) is 4.18. The summed E-state index contributed by atoms with van der Waals surface area (Å²) in [4.78, 5) is 14.4. The standard InChI is InChI=1S/C22H23NO2/c1-15-10-20-19(12-22(24)25-21(20)11-16(15)2)14-23-9-8-18(13-23)17-6-4-3-5-7-17/h3-7,10-12,18H,8-9,13-14H2,1-2H3/t18-/m0/s1. The Labute approximate surface area is 147 Å². The van der Waals surface area contributed by atoms with Crippen molar-refractivity contribution >= 4 is 11.0 Å². The number of rotatable bonds is 3. The van der Waals surface area contributed by atoms with E-state index in [4.69, 9.17) is 4.42 Å². The van der Waals surface area contributed by atoms with E-state index in [0.29, 0.717) is 11.5 Å². The molecule has 0 bridgehead atoms. The Bertz CT molecular complexity index is 959. The van der Waals surface area contributed by atoms with Gasteiger partial charge in [0.2, 0.25) is 0 Å². The number of aryl methyl sites for hydroxylation is 2. The maximum absolute atomic E-state index is 12.0. The number of benzene rings is 2. The second kappa shape index (κ2) is 6.49. The lowest BCUT2D eigenvalue weighted by molar-refractivity contribution is 0.327. The molecule has 1 atom stereocenters. The Balaban J connectivity index is 1.61. The fourth-order valence-electron chi connectivity index (χ4n) is 3.83. The van der Waals surface area contributed by atoms with Crippen molar-refractivity contribution < 1.29 is 4.42 Å². The van der Waals surface area contributed by atoms with Crippen LogP contribution in [0.5, 0.6) is 0 Å². The number of fused-ring (bicyclic) bond motifs is 1. The lowest BCUT2D eigenvalue weighted by atomic mass is 9.99. The minimum absolute atomic E-state index is 0.260. The first kappa shape index (κ1) is 16.1. The van der Waals surface area contributed by atoms with Crippen LogP contribution >= 0.6 is 0 Å². The van der Waals surface area contributed by atoms with Gasteiger partial charge in [0.15, 0.2) is 0 Å². The highest BCUT2D eigenvalue weighted by molar-refractivity contribution is 5.81. The summed E-state index contributed by atoms with van der Waals surface area (Å²) in [6.07, 6.45) is 1.17. The van der Waals surface area contributed by atoms with E-state index < -0.39 is 0 Å². The molecule has 0 saturated carbocycles. The average Bonchev–Trinajstić information content (AvgIpc) is 3.06. The second-order valence-corrected chi connectivity index (χ2v) is 7.15. The predicted molar refractivity (Wildman–Crippen MR) is 101 cm³/mol. The minimum Gasteiger partial charge on any atom is -0.423 e. The maximum Gasteiger partial charge on any atom is 0.336 e. The second-order valence-electron chi connectivity index (χ2n) is 7.15. The van der Waals surface area contributed by atoms with Gasteiger partial charge in [-0.15, -0.1) is 0 Å². The Morgan fingerprint density at radius 1 is 1.08 bits per heavy atom. The molecular formula is C22H23NO2. The van der Waals surface area contributed by atoms with Gasteiger partial charge < -0.3 is 4.42 Å². The monoisotopic (exact) mass is 333 g/mol. The quantitative estimate of drug-likeness (QED) is 0.666. The van der Waals surface area contributed by atoms with Crippen molar-refractivity contribution in [3.8, 4) is 0 Å². The summed E-state index contributed by atoms with van der Waals surface area (Å²) in [6.45, 7) is 7.05. The van der Waals surface area contributed by atoms with E-state index in [-0.39, 0.29) is 5.63 Å². The molecule has 0 aliphatic carbocycles. The molecule has 0 unspecified atom stereocenters. The highest BCUT2D eigenvalue weighted by Gasteiger charge is 2.24. The fourth-order valence-corrected chi connectivity index (χ4v) is 3.83. The van der Waals surface area contributed by atoms with E-state index in [1.165, 1.54) is 17.5 Å². The lowest BCUT2D eigenvalue weighted by Gasteiger charge is -2.17. The third kappa shape index (κ3) is 3.24. The van der Waals surface area contributed by atoms with Crippen molar-refractivity contribution in [1.29, 1.82) is 0 Å². The van der Waals surface area contributed by atoms with Crippen molar-refractivity contribution in [2.75, 3.05) is 13.1 Å². The highest BCUT2D eigenvalue weighted by Crippen LogP contribution is 2.29. The zero-order valence-corrected chi connectivity index (χ0v) is 14.8. The van der Waals surface area contributed by atoms with Crippen LogP contribution in [-0.2, 0) is 6.54 Å². The largest absolute Gasteiger partial charge is 0.423 e. The van der Waals surface area contributed by atoms with Crippen LogP contribution < -0.4 is 5.63 Å². The normalized spacial score (nSPS) is 18.1. The Morgan fingerprint density at radius 3 is 2.64 bits per heavy atom. The van der Waals surface area contributed by atoms with Crippen molar-refractivity contribution in [3.05, 3.63) is 81.2 Å². The molecule has 3 heteroatoms. The highest BCUT2D eigenvalue weighted by atomic mass is 16.4. The van der Waals surface area contributed by atoms with E-state index >= 15 is 0 Å². The van der Waals surface area contributed by atoms with Gasteiger partial charge in [-0.25, -0.2) is 4.79 Å². The predicted octanol–water partition coefficient (Wildman–Crippen LogP) is 4.40. The van der Waals surface area contributed by atoms with Crippen LogP contribution in [0.15, 0.2) is 57.7 Å². The van der Waals surface area contributed by atoms with Crippen LogP contribution in [0.25, 0.3) is 11.0 Å². The zero-order chi connectivity index (χ0) is 17.4. The molecule has 2 aromatic carbocycles. The minimum atomic E-state index is -0.260. The summed E-state index contributed by atoms with van der Waals surface area (Å²) < 4.78 is 5.42. The summed E-state index contributed by atoms with van der Waals surface area (Å²) in [6, 6.07) is 16.5. The molecule has 128 valence electrons. The van der Waals surface area contributed by atoms with Crippen molar-refractivity contribution in [3.63, 3.8) is 0 Å². The molecule has 0 amide bonds. The smallest absolute Gasteiger partial charge is 0.336 e. The number of likely N-dealkylation sites (tertiary alicyclic amines) is 1. The first-order valence-corrected chi connectivity index (χ1v) is 8.91. The van der Waals surface area contributed by atoms with E-state index in [9.17, 15) is 4.79 Å². The molecule has 3 nitrogen and oxygen atoms in total. The Morgan fingerprint density at radius 2 is 1.84 bits per heavy atom. The molecule has 1 aromatic heterocycles. The zero-order valence-electron chi connectivity index (χ0n) is 14.8. The molecule has 1 fully saturated rings. The summed E-state index contributed by atoms with van der Waals surface area (Å²) in [5, 5.41) is 1.06. The van der Waals surface area contributed by atoms with E-state index in [2.05, 4.69) is 48.2 Å². The molecular weight excluding hydrogens is 310 g/mol. The Hall–Kier alpha value is -2.39. The van der Waals surface area contributed by atoms with Crippen molar-refractivity contribution in [2.24, 2.45) is 0 Å². The summed E-state index contributed by atoms with van der Waals surface area (Å²) >= 11 is 0.